The first-order valence-electron chi connectivity index (χ1n) is 9.61. The first-order valence-corrected chi connectivity index (χ1v) is 9.61. The Balaban J connectivity index is 1.72. The molecule has 0 saturated heterocycles. The van der Waals surface area contributed by atoms with Gasteiger partial charge in [0, 0.05) is 6.61 Å². The Morgan fingerprint density at radius 1 is 0.800 bits per heavy atom. The van der Waals surface area contributed by atoms with Gasteiger partial charge < -0.3 is 9.64 Å². The molecule has 0 fully saturated rings. The van der Waals surface area contributed by atoms with Crippen LogP contribution in [0.3, 0.4) is 0 Å². The van der Waals surface area contributed by atoms with Gasteiger partial charge in [-0.3, -0.25) is 0 Å². The van der Waals surface area contributed by atoms with Gasteiger partial charge in [-0.15, -0.1) is 0 Å². The summed E-state index contributed by atoms with van der Waals surface area (Å²) < 4.78 is 6.22. The van der Waals surface area contributed by atoms with Gasteiger partial charge in [0.15, 0.2) is 0 Å². The number of rotatable bonds is 12. The molecule has 0 saturated carbocycles. The molecule has 2 heteroatoms. The van der Waals surface area contributed by atoms with Gasteiger partial charge in [-0.25, -0.2) is 0 Å². The minimum atomic E-state index is 0.236. The molecule has 1 unspecified atom stereocenters. The van der Waals surface area contributed by atoms with Crippen LogP contribution in [0.15, 0.2) is 60.7 Å². The maximum atomic E-state index is 6.22. The van der Waals surface area contributed by atoms with E-state index in [4.69, 9.17) is 4.74 Å². The molecule has 2 aromatic rings. The van der Waals surface area contributed by atoms with Crippen molar-refractivity contribution in [3.05, 3.63) is 71.8 Å². The lowest BCUT2D eigenvalue weighted by atomic mass is 10.0. The van der Waals surface area contributed by atoms with Crippen LogP contribution >= 0.6 is 0 Å². The first-order chi connectivity index (χ1) is 12.3. The van der Waals surface area contributed by atoms with Gasteiger partial charge in [-0.05, 0) is 57.5 Å². The Hall–Kier alpha value is -1.64. The lowest BCUT2D eigenvalue weighted by molar-refractivity contribution is 0.0405. The zero-order chi connectivity index (χ0) is 17.7. The summed E-state index contributed by atoms with van der Waals surface area (Å²) in [6.45, 7) is 1.92. The molecule has 0 bridgehead atoms. The lowest BCUT2D eigenvalue weighted by Gasteiger charge is -2.19. The van der Waals surface area contributed by atoms with Crippen molar-refractivity contribution in [1.82, 2.24) is 4.90 Å². The van der Waals surface area contributed by atoms with Crippen LogP contribution in [0.5, 0.6) is 0 Å². The molecule has 2 aromatic carbocycles. The van der Waals surface area contributed by atoms with Gasteiger partial charge in [0.25, 0.3) is 0 Å². The predicted molar refractivity (Wildman–Crippen MR) is 107 cm³/mol. The van der Waals surface area contributed by atoms with E-state index in [1.165, 1.54) is 36.8 Å². The van der Waals surface area contributed by atoms with Crippen molar-refractivity contribution in [2.45, 2.75) is 44.6 Å². The van der Waals surface area contributed by atoms with E-state index in [2.05, 4.69) is 79.7 Å². The predicted octanol–water partition coefficient (Wildman–Crippen LogP) is 5.50. The third-order valence-electron chi connectivity index (χ3n) is 4.51. The summed E-state index contributed by atoms with van der Waals surface area (Å²) in [5.74, 6) is 0. The molecule has 0 spiro atoms. The zero-order valence-electron chi connectivity index (χ0n) is 15.9. The summed E-state index contributed by atoms with van der Waals surface area (Å²) >= 11 is 0. The van der Waals surface area contributed by atoms with Crippen LogP contribution in [-0.4, -0.2) is 32.1 Å². The van der Waals surface area contributed by atoms with Crippen LogP contribution in [0.1, 0.15) is 49.3 Å². The summed E-state index contributed by atoms with van der Waals surface area (Å²) in [6.07, 6.45) is 7.36. The number of hydrogen-bond acceptors (Lipinski definition) is 2. The highest BCUT2D eigenvalue weighted by Gasteiger charge is 2.11. The molecule has 0 aliphatic carbocycles. The van der Waals surface area contributed by atoms with Crippen LogP contribution in [0, 0.1) is 0 Å². The fourth-order valence-electron chi connectivity index (χ4n) is 3.10. The molecular formula is C23H33NO. The highest BCUT2D eigenvalue weighted by atomic mass is 16.5. The van der Waals surface area contributed by atoms with Crippen molar-refractivity contribution in [3.63, 3.8) is 0 Å². The molecule has 25 heavy (non-hydrogen) atoms. The maximum Gasteiger partial charge on any atom is 0.0824 e. The standard InChI is InChI=1S/C23H33NO/c1-24(2)19-12-20-25-23(22-16-9-5-10-17-22)18-11-4-8-15-21-13-6-3-7-14-21/h3,5-7,9-10,13-14,16-17,23H,4,8,11-12,15,18-20H2,1-2H3. The number of nitrogens with zero attached hydrogens (tertiary/aromatic N) is 1. The monoisotopic (exact) mass is 339 g/mol. The van der Waals surface area contributed by atoms with Gasteiger partial charge >= 0.3 is 0 Å². The van der Waals surface area contributed by atoms with Gasteiger partial charge in [-0.2, -0.15) is 0 Å². The Kier molecular flexibility index (Phi) is 9.32. The Morgan fingerprint density at radius 3 is 2.16 bits per heavy atom. The van der Waals surface area contributed by atoms with Gasteiger partial charge in [-0.1, -0.05) is 73.5 Å². The van der Waals surface area contributed by atoms with Gasteiger partial charge in [0.05, 0.1) is 6.10 Å². The zero-order valence-corrected chi connectivity index (χ0v) is 15.9. The average molecular weight is 340 g/mol. The van der Waals surface area contributed by atoms with Gasteiger partial charge in [0.1, 0.15) is 0 Å². The van der Waals surface area contributed by atoms with Crippen molar-refractivity contribution in [1.29, 1.82) is 0 Å². The van der Waals surface area contributed by atoms with Crippen LogP contribution in [0.4, 0.5) is 0 Å². The molecule has 136 valence electrons. The second-order valence-electron chi connectivity index (χ2n) is 7.01. The van der Waals surface area contributed by atoms with Crippen molar-refractivity contribution in [2.24, 2.45) is 0 Å². The maximum absolute atomic E-state index is 6.22. The van der Waals surface area contributed by atoms with E-state index in [1.807, 2.05) is 0 Å². The smallest absolute Gasteiger partial charge is 0.0824 e. The molecule has 0 amide bonds. The normalized spacial score (nSPS) is 12.4. The van der Waals surface area contributed by atoms with Crippen molar-refractivity contribution >= 4 is 0 Å². The largest absolute Gasteiger partial charge is 0.373 e. The molecule has 1 atom stereocenters. The summed E-state index contributed by atoms with van der Waals surface area (Å²) in [7, 11) is 4.23. The van der Waals surface area contributed by atoms with E-state index in [0.717, 1.165) is 26.0 Å². The lowest BCUT2D eigenvalue weighted by Crippen LogP contribution is -2.16. The summed E-state index contributed by atoms with van der Waals surface area (Å²) in [4.78, 5) is 2.21. The average Bonchev–Trinajstić information content (AvgIpc) is 2.64. The van der Waals surface area contributed by atoms with E-state index in [0.29, 0.717) is 0 Å². The topological polar surface area (TPSA) is 12.5 Å². The molecular weight excluding hydrogens is 306 g/mol. The second kappa shape index (κ2) is 11.8. The van der Waals surface area contributed by atoms with E-state index >= 15 is 0 Å². The molecule has 2 rings (SSSR count). The second-order valence-corrected chi connectivity index (χ2v) is 7.01. The van der Waals surface area contributed by atoms with Crippen molar-refractivity contribution in [2.75, 3.05) is 27.2 Å². The van der Waals surface area contributed by atoms with Crippen LogP contribution in [0.2, 0.25) is 0 Å². The number of hydrogen-bond donors (Lipinski definition) is 0. The molecule has 0 radical (unpaired) electrons. The fraction of sp³-hybridized carbons (Fsp3) is 0.478. The molecule has 0 N–H and O–H groups in total. The Morgan fingerprint density at radius 2 is 1.48 bits per heavy atom. The van der Waals surface area contributed by atoms with Gasteiger partial charge in [0.2, 0.25) is 0 Å². The number of benzene rings is 2. The van der Waals surface area contributed by atoms with Crippen molar-refractivity contribution in [3.8, 4) is 0 Å². The Labute approximate surface area is 153 Å². The molecule has 2 nitrogen and oxygen atoms in total. The molecule has 0 aliphatic heterocycles. The SMILES string of the molecule is CN(C)CCCOC(CCCCCc1ccccc1)c1ccccc1. The third-order valence-corrected chi connectivity index (χ3v) is 4.51. The van der Waals surface area contributed by atoms with E-state index in [1.54, 1.807) is 0 Å². The summed E-state index contributed by atoms with van der Waals surface area (Å²) in [6, 6.07) is 21.5. The molecule has 0 aliphatic rings. The quantitative estimate of drug-likeness (QED) is 0.473. The van der Waals surface area contributed by atoms with E-state index in [9.17, 15) is 0 Å². The van der Waals surface area contributed by atoms with Crippen LogP contribution in [-0.2, 0) is 11.2 Å². The fourth-order valence-corrected chi connectivity index (χ4v) is 3.10. The number of ether oxygens (including phenoxy) is 1. The van der Waals surface area contributed by atoms with E-state index in [-0.39, 0.29) is 6.10 Å². The molecule has 0 aromatic heterocycles. The minimum Gasteiger partial charge on any atom is -0.373 e. The van der Waals surface area contributed by atoms with Crippen LogP contribution in [0.25, 0.3) is 0 Å². The summed E-state index contributed by atoms with van der Waals surface area (Å²) in [5.41, 5.74) is 2.76. The number of aryl methyl sites for hydroxylation is 1. The minimum absolute atomic E-state index is 0.236. The molecule has 0 heterocycles. The van der Waals surface area contributed by atoms with Crippen molar-refractivity contribution < 1.29 is 4.74 Å². The van der Waals surface area contributed by atoms with E-state index < -0.39 is 0 Å². The number of unbranched alkanes of at least 4 members (excludes halogenated alkanes) is 2. The first kappa shape index (κ1) is 19.7. The highest BCUT2D eigenvalue weighted by Crippen LogP contribution is 2.24. The Bertz CT molecular complexity index is 553. The third kappa shape index (κ3) is 8.33. The van der Waals surface area contributed by atoms with Crippen LogP contribution < -0.4 is 0 Å². The summed E-state index contributed by atoms with van der Waals surface area (Å²) in [5, 5.41) is 0. The highest BCUT2D eigenvalue weighted by molar-refractivity contribution is 5.17.